The second kappa shape index (κ2) is 9.13. The van der Waals surface area contributed by atoms with Gasteiger partial charge < -0.3 is 10.2 Å². The van der Waals surface area contributed by atoms with E-state index in [0.717, 1.165) is 47.9 Å². The molecule has 1 amide bonds. The predicted molar refractivity (Wildman–Crippen MR) is 118 cm³/mol. The van der Waals surface area contributed by atoms with Crippen LogP contribution in [0.1, 0.15) is 48.1 Å². The van der Waals surface area contributed by atoms with Crippen molar-refractivity contribution in [1.29, 1.82) is 0 Å². The smallest absolute Gasteiger partial charge is 0.247 e. The molecule has 154 valence electrons. The molecule has 0 aliphatic carbocycles. The van der Waals surface area contributed by atoms with E-state index in [1.807, 2.05) is 48.4 Å². The number of rotatable bonds is 5. The molecule has 0 radical (unpaired) electrons. The maximum atomic E-state index is 13.0. The summed E-state index contributed by atoms with van der Waals surface area (Å²) in [4.78, 5) is 32.6. The number of carbonyl (C=O) groups excluding carboxylic acids is 1. The molecular weight excluding hydrogens is 396 g/mol. The largest absolute Gasteiger partial charge is 0.331 e. The van der Waals surface area contributed by atoms with E-state index in [9.17, 15) is 4.79 Å². The maximum absolute atomic E-state index is 13.0. The first-order valence-electron chi connectivity index (χ1n) is 10.0. The predicted octanol–water partition coefficient (Wildman–Crippen LogP) is 4.46. The molecule has 0 unspecified atom stereocenters. The fraction of sp³-hybridized carbons (Fsp3) is 0.318. The second-order valence-electron chi connectivity index (χ2n) is 7.31. The number of carbonyl (C=O) groups is 1. The first-order valence-corrected chi connectivity index (χ1v) is 10.9. The standard InChI is InChI=1S/C22H24N6OS/c1-15-14-30-22(24-15)27-20-12-18(25-16(2)26-20)19-7-3-4-11-28(19)21(29)9-8-17-6-5-10-23-13-17/h5-6,8-10,12-14,19H,3-4,7,11H2,1-2H3,(H,24,25,26,27)/b9-8+/t19-/m1/s1. The number of nitrogens with zero attached hydrogens (tertiary/aromatic N) is 5. The number of amides is 1. The first kappa shape index (κ1) is 20.2. The third kappa shape index (κ3) is 4.88. The van der Waals surface area contributed by atoms with Crippen LogP contribution in [-0.4, -0.2) is 37.3 Å². The van der Waals surface area contributed by atoms with Crippen molar-refractivity contribution < 1.29 is 4.79 Å². The topological polar surface area (TPSA) is 83.9 Å². The van der Waals surface area contributed by atoms with E-state index in [0.29, 0.717) is 11.6 Å². The lowest BCUT2D eigenvalue weighted by Gasteiger charge is -2.35. The van der Waals surface area contributed by atoms with Crippen molar-refractivity contribution in [2.75, 3.05) is 11.9 Å². The van der Waals surface area contributed by atoms with Gasteiger partial charge in [-0.3, -0.25) is 9.78 Å². The number of aryl methyl sites for hydroxylation is 2. The highest BCUT2D eigenvalue weighted by Crippen LogP contribution is 2.32. The minimum Gasteiger partial charge on any atom is -0.331 e. The van der Waals surface area contributed by atoms with Crippen LogP contribution in [0.5, 0.6) is 0 Å². The molecule has 0 aromatic carbocycles. The SMILES string of the molecule is Cc1csc(Nc2cc([C@H]3CCCCN3C(=O)/C=C/c3cccnc3)nc(C)n2)n1. The van der Waals surface area contributed by atoms with Gasteiger partial charge in [-0.2, -0.15) is 0 Å². The molecule has 1 fully saturated rings. The average molecular weight is 421 g/mol. The Morgan fingerprint density at radius 2 is 2.17 bits per heavy atom. The van der Waals surface area contributed by atoms with Crippen LogP contribution in [0.25, 0.3) is 6.08 Å². The van der Waals surface area contributed by atoms with E-state index in [1.54, 1.807) is 29.8 Å². The third-order valence-corrected chi connectivity index (χ3v) is 5.82. The highest BCUT2D eigenvalue weighted by molar-refractivity contribution is 7.13. The summed E-state index contributed by atoms with van der Waals surface area (Å²) in [5.74, 6) is 1.37. The Morgan fingerprint density at radius 3 is 2.93 bits per heavy atom. The van der Waals surface area contributed by atoms with Crippen LogP contribution in [0.3, 0.4) is 0 Å². The maximum Gasteiger partial charge on any atom is 0.247 e. The summed E-state index contributed by atoms with van der Waals surface area (Å²) in [6, 6.07) is 5.65. The van der Waals surface area contributed by atoms with Crippen molar-refractivity contribution in [3.05, 3.63) is 64.8 Å². The minimum atomic E-state index is -0.0647. The van der Waals surface area contributed by atoms with E-state index in [1.165, 1.54) is 0 Å². The van der Waals surface area contributed by atoms with Crippen molar-refractivity contribution in [1.82, 2.24) is 24.8 Å². The lowest BCUT2D eigenvalue weighted by atomic mass is 9.98. The van der Waals surface area contributed by atoms with E-state index in [4.69, 9.17) is 0 Å². The van der Waals surface area contributed by atoms with Gasteiger partial charge in [-0.25, -0.2) is 15.0 Å². The molecule has 0 saturated carbocycles. The molecule has 1 aliphatic heterocycles. The Kier molecular flexibility index (Phi) is 6.13. The molecule has 8 heteroatoms. The molecule has 4 rings (SSSR count). The van der Waals surface area contributed by atoms with Crippen LogP contribution in [0.2, 0.25) is 0 Å². The highest BCUT2D eigenvalue weighted by Gasteiger charge is 2.28. The molecule has 1 saturated heterocycles. The Balaban J connectivity index is 1.56. The zero-order valence-electron chi connectivity index (χ0n) is 17.1. The van der Waals surface area contributed by atoms with E-state index < -0.39 is 0 Å². The molecule has 1 N–H and O–H groups in total. The van der Waals surface area contributed by atoms with Crippen molar-refractivity contribution in [3.63, 3.8) is 0 Å². The molecular formula is C22H24N6OS. The van der Waals surface area contributed by atoms with Gasteiger partial charge in [0, 0.05) is 36.5 Å². The van der Waals surface area contributed by atoms with Crippen LogP contribution < -0.4 is 5.32 Å². The Hall–Kier alpha value is -3.13. The summed E-state index contributed by atoms with van der Waals surface area (Å²) < 4.78 is 0. The molecule has 1 aliphatic rings. The van der Waals surface area contributed by atoms with E-state index in [-0.39, 0.29) is 11.9 Å². The summed E-state index contributed by atoms with van der Waals surface area (Å²) in [5, 5.41) is 6.06. The minimum absolute atomic E-state index is 0.00937. The number of piperidine rings is 1. The van der Waals surface area contributed by atoms with Crippen molar-refractivity contribution in [2.24, 2.45) is 0 Å². The lowest BCUT2D eigenvalue weighted by Crippen LogP contribution is -2.38. The normalized spacial score (nSPS) is 16.7. The van der Waals surface area contributed by atoms with Gasteiger partial charge >= 0.3 is 0 Å². The third-order valence-electron chi connectivity index (χ3n) is 4.94. The molecule has 0 spiro atoms. The summed E-state index contributed by atoms with van der Waals surface area (Å²) in [6.07, 6.45) is 9.85. The Bertz CT molecular complexity index is 1050. The summed E-state index contributed by atoms with van der Waals surface area (Å²) in [7, 11) is 0. The molecule has 30 heavy (non-hydrogen) atoms. The second-order valence-corrected chi connectivity index (χ2v) is 8.17. The van der Waals surface area contributed by atoms with Gasteiger partial charge in [-0.05, 0) is 50.8 Å². The number of thiazole rings is 1. The van der Waals surface area contributed by atoms with Crippen LogP contribution in [0.15, 0.2) is 42.0 Å². The summed E-state index contributed by atoms with van der Waals surface area (Å²) >= 11 is 1.54. The fourth-order valence-corrected chi connectivity index (χ4v) is 4.28. The molecule has 4 heterocycles. The van der Waals surface area contributed by atoms with Gasteiger partial charge in [0.15, 0.2) is 5.13 Å². The first-order chi connectivity index (χ1) is 14.6. The van der Waals surface area contributed by atoms with Gasteiger partial charge in [0.25, 0.3) is 0 Å². The number of hydrogen-bond acceptors (Lipinski definition) is 7. The highest BCUT2D eigenvalue weighted by atomic mass is 32.1. The van der Waals surface area contributed by atoms with Crippen LogP contribution in [0.4, 0.5) is 10.9 Å². The molecule has 3 aromatic rings. The zero-order chi connectivity index (χ0) is 20.9. The number of pyridine rings is 1. The average Bonchev–Trinajstić information content (AvgIpc) is 3.16. The monoisotopic (exact) mass is 420 g/mol. The van der Waals surface area contributed by atoms with Crippen molar-refractivity contribution >= 4 is 34.3 Å². The Morgan fingerprint density at radius 1 is 1.27 bits per heavy atom. The van der Waals surface area contributed by atoms with Gasteiger partial charge in [-0.15, -0.1) is 11.3 Å². The lowest BCUT2D eigenvalue weighted by molar-refractivity contribution is -0.129. The van der Waals surface area contributed by atoms with Crippen LogP contribution in [-0.2, 0) is 4.79 Å². The number of anilines is 2. The number of aromatic nitrogens is 4. The van der Waals surface area contributed by atoms with E-state index in [2.05, 4.69) is 25.3 Å². The molecule has 0 bridgehead atoms. The van der Waals surface area contributed by atoms with Gasteiger partial charge in [0.05, 0.1) is 17.4 Å². The zero-order valence-corrected chi connectivity index (χ0v) is 17.9. The number of nitrogens with one attached hydrogen (secondary N) is 1. The summed E-state index contributed by atoms with van der Waals surface area (Å²) in [6.45, 7) is 4.56. The van der Waals surface area contributed by atoms with Crippen LogP contribution >= 0.6 is 11.3 Å². The summed E-state index contributed by atoms with van der Waals surface area (Å²) in [5.41, 5.74) is 2.74. The van der Waals surface area contributed by atoms with Crippen molar-refractivity contribution in [3.8, 4) is 0 Å². The van der Waals surface area contributed by atoms with Crippen molar-refractivity contribution in [2.45, 2.75) is 39.2 Å². The Labute approximate surface area is 179 Å². The van der Waals surface area contributed by atoms with Gasteiger partial charge in [0.2, 0.25) is 5.91 Å². The van der Waals surface area contributed by atoms with Gasteiger partial charge in [0.1, 0.15) is 11.6 Å². The molecule has 1 atom stereocenters. The quantitative estimate of drug-likeness (QED) is 0.614. The molecule has 3 aromatic heterocycles. The van der Waals surface area contributed by atoms with Crippen LogP contribution in [0, 0.1) is 13.8 Å². The fourth-order valence-electron chi connectivity index (χ4n) is 3.59. The number of likely N-dealkylation sites (tertiary alicyclic amines) is 1. The molecule has 7 nitrogen and oxygen atoms in total. The van der Waals surface area contributed by atoms with Gasteiger partial charge in [-0.1, -0.05) is 6.07 Å². The number of hydrogen-bond donors (Lipinski definition) is 1. The van der Waals surface area contributed by atoms with E-state index >= 15 is 0 Å².